The third-order valence-corrected chi connectivity index (χ3v) is 2.93. The molecule has 0 aromatic carbocycles. The lowest BCUT2D eigenvalue weighted by molar-refractivity contribution is 0.544. The highest BCUT2D eigenvalue weighted by molar-refractivity contribution is 5.56. The van der Waals surface area contributed by atoms with Crippen molar-refractivity contribution in [2.24, 2.45) is 5.92 Å². The minimum Gasteiger partial charge on any atom is -0.370 e. The summed E-state index contributed by atoms with van der Waals surface area (Å²) in [4.78, 5) is 8.53. The molecule has 1 rings (SSSR count). The van der Waals surface area contributed by atoms with Crippen LogP contribution in [-0.4, -0.2) is 23.1 Å². The Morgan fingerprint density at radius 1 is 1.11 bits per heavy atom. The van der Waals surface area contributed by atoms with Crippen LogP contribution >= 0.6 is 0 Å². The molecule has 0 radical (unpaired) electrons. The highest BCUT2D eigenvalue weighted by Gasteiger charge is 2.05. The standard InChI is InChI=1S/C14H26N4/c1-5-15-13-12(4)14(18-10-17-13)16-9-7-6-8-11(2)3/h10-11H,5-9H2,1-4H3,(H2,15,16,17,18). The van der Waals surface area contributed by atoms with Gasteiger partial charge in [-0.25, -0.2) is 9.97 Å². The van der Waals surface area contributed by atoms with Gasteiger partial charge < -0.3 is 10.6 Å². The summed E-state index contributed by atoms with van der Waals surface area (Å²) in [6.07, 6.45) is 5.38. The van der Waals surface area contributed by atoms with Gasteiger partial charge in [-0.3, -0.25) is 0 Å². The molecule has 0 bridgehead atoms. The lowest BCUT2D eigenvalue weighted by Gasteiger charge is -2.12. The smallest absolute Gasteiger partial charge is 0.134 e. The zero-order chi connectivity index (χ0) is 13.4. The maximum absolute atomic E-state index is 4.29. The molecule has 0 saturated heterocycles. The highest BCUT2D eigenvalue weighted by Crippen LogP contribution is 2.18. The Balaban J connectivity index is 2.40. The SMILES string of the molecule is CCNc1ncnc(NCCCCC(C)C)c1C. The van der Waals surface area contributed by atoms with E-state index in [9.17, 15) is 0 Å². The fourth-order valence-electron chi connectivity index (χ4n) is 1.86. The largest absolute Gasteiger partial charge is 0.370 e. The van der Waals surface area contributed by atoms with Gasteiger partial charge in [-0.15, -0.1) is 0 Å². The van der Waals surface area contributed by atoms with Gasteiger partial charge in [-0.2, -0.15) is 0 Å². The van der Waals surface area contributed by atoms with Gasteiger partial charge in [-0.1, -0.05) is 26.7 Å². The van der Waals surface area contributed by atoms with Crippen LogP contribution in [0.25, 0.3) is 0 Å². The van der Waals surface area contributed by atoms with Gasteiger partial charge >= 0.3 is 0 Å². The molecule has 1 aromatic rings. The Morgan fingerprint density at radius 3 is 2.39 bits per heavy atom. The summed E-state index contributed by atoms with van der Waals surface area (Å²) < 4.78 is 0. The molecule has 0 saturated carbocycles. The van der Waals surface area contributed by atoms with Gasteiger partial charge in [0.15, 0.2) is 0 Å². The predicted molar refractivity (Wildman–Crippen MR) is 78.1 cm³/mol. The lowest BCUT2D eigenvalue weighted by atomic mass is 10.1. The molecule has 0 amide bonds. The number of hydrogen-bond donors (Lipinski definition) is 2. The Hall–Kier alpha value is -1.32. The number of rotatable bonds is 8. The number of anilines is 2. The van der Waals surface area contributed by atoms with Crippen molar-refractivity contribution in [1.29, 1.82) is 0 Å². The Labute approximate surface area is 111 Å². The van der Waals surface area contributed by atoms with E-state index in [0.717, 1.165) is 36.2 Å². The van der Waals surface area contributed by atoms with E-state index < -0.39 is 0 Å². The van der Waals surface area contributed by atoms with Crippen LogP contribution in [-0.2, 0) is 0 Å². The number of nitrogens with one attached hydrogen (secondary N) is 2. The molecule has 0 fully saturated rings. The van der Waals surface area contributed by atoms with Gasteiger partial charge in [0.2, 0.25) is 0 Å². The summed E-state index contributed by atoms with van der Waals surface area (Å²) in [7, 11) is 0. The third-order valence-electron chi connectivity index (χ3n) is 2.93. The first kappa shape index (κ1) is 14.7. The van der Waals surface area contributed by atoms with Gasteiger partial charge in [0, 0.05) is 18.7 Å². The van der Waals surface area contributed by atoms with Crippen LogP contribution in [0.5, 0.6) is 0 Å². The van der Waals surface area contributed by atoms with E-state index in [-0.39, 0.29) is 0 Å². The summed E-state index contributed by atoms with van der Waals surface area (Å²) in [5.41, 5.74) is 1.10. The van der Waals surface area contributed by atoms with Gasteiger partial charge in [0.25, 0.3) is 0 Å². The summed E-state index contributed by atoms with van der Waals surface area (Å²) in [5, 5.41) is 6.64. The van der Waals surface area contributed by atoms with E-state index in [1.807, 2.05) is 0 Å². The molecule has 102 valence electrons. The van der Waals surface area contributed by atoms with Gasteiger partial charge in [0.05, 0.1) is 0 Å². The van der Waals surface area contributed by atoms with E-state index in [2.05, 4.69) is 48.3 Å². The Kier molecular flexibility index (Phi) is 6.47. The molecule has 0 aliphatic carbocycles. The first-order valence-corrected chi connectivity index (χ1v) is 6.94. The Bertz CT molecular complexity index is 350. The van der Waals surface area contributed by atoms with Crippen molar-refractivity contribution in [2.75, 3.05) is 23.7 Å². The molecule has 1 heterocycles. The van der Waals surface area contributed by atoms with Crippen molar-refractivity contribution in [3.63, 3.8) is 0 Å². The van der Waals surface area contributed by atoms with Crippen molar-refractivity contribution in [3.8, 4) is 0 Å². The fourth-order valence-corrected chi connectivity index (χ4v) is 1.86. The molecule has 0 atom stereocenters. The molecule has 4 nitrogen and oxygen atoms in total. The molecule has 2 N–H and O–H groups in total. The van der Waals surface area contributed by atoms with Crippen molar-refractivity contribution in [1.82, 2.24) is 9.97 Å². The maximum Gasteiger partial charge on any atom is 0.134 e. The quantitative estimate of drug-likeness (QED) is 0.694. The normalized spacial score (nSPS) is 10.7. The number of nitrogens with zero attached hydrogens (tertiary/aromatic N) is 2. The van der Waals surface area contributed by atoms with Crippen molar-refractivity contribution in [2.45, 2.75) is 47.0 Å². The molecule has 0 aliphatic rings. The van der Waals surface area contributed by atoms with Crippen LogP contribution in [0, 0.1) is 12.8 Å². The first-order valence-electron chi connectivity index (χ1n) is 6.94. The minimum absolute atomic E-state index is 0.797. The molecule has 1 aromatic heterocycles. The number of hydrogen-bond acceptors (Lipinski definition) is 4. The second kappa shape index (κ2) is 7.90. The van der Waals surface area contributed by atoms with E-state index in [4.69, 9.17) is 0 Å². The predicted octanol–water partition coefficient (Wildman–Crippen LogP) is 3.46. The highest BCUT2D eigenvalue weighted by atomic mass is 15.1. The van der Waals surface area contributed by atoms with Crippen LogP contribution in [0.2, 0.25) is 0 Å². The molecule has 0 unspecified atom stereocenters. The molecule has 0 aliphatic heterocycles. The fraction of sp³-hybridized carbons (Fsp3) is 0.714. The molecule has 0 spiro atoms. The average Bonchev–Trinajstić information content (AvgIpc) is 2.33. The van der Waals surface area contributed by atoms with E-state index in [0.29, 0.717) is 0 Å². The molecule has 4 heteroatoms. The minimum atomic E-state index is 0.797. The second-order valence-electron chi connectivity index (χ2n) is 5.04. The van der Waals surface area contributed by atoms with Crippen LogP contribution in [0.4, 0.5) is 11.6 Å². The van der Waals surface area contributed by atoms with Crippen LogP contribution in [0.3, 0.4) is 0 Å². The Morgan fingerprint density at radius 2 is 1.78 bits per heavy atom. The summed E-state index contributed by atoms with van der Waals surface area (Å²) in [6.45, 7) is 10.5. The monoisotopic (exact) mass is 250 g/mol. The lowest BCUT2D eigenvalue weighted by Crippen LogP contribution is -2.09. The van der Waals surface area contributed by atoms with E-state index >= 15 is 0 Å². The number of aromatic nitrogens is 2. The second-order valence-corrected chi connectivity index (χ2v) is 5.04. The van der Waals surface area contributed by atoms with Crippen molar-refractivity contribution < 1.29 is 0 Å². The summed E-state index contributed by atoms with van der Waals surface area (Å²) in [5.74, 6) is 2.67. The third kappa shape index (κ3) is 4.90. The molecular weight excluding hydrogens is 224 g/mol. The summed E-state index contributed by atoms with van der Waals surface area (Å²) in [6, 6.07) is 0. The van der Waals surface area contributed by atoms with E-state index in [1.54, 1.807) is 6.33 Å². The van der Waals surface area contributed by atoms with Crippen LogP contribution in [0.1, 0.15) is 45.6 Å². The first-order chi connectivity index (χ1) is 8.65. The van der Waals surface area contributed by atoms with Crippen molar-refractivity contribution in [3.05, 3.63) is 11.9 Å². The maximum atomic E-state index is 4.29. The number of unbranched alkanes of at least 4 members (excludes halogenated alkanes) is 1. The zero-order valence-electron chi connectivity index (χ0n) is 12.1. The molecular formula is C14H26N4. The van der Waals surface area contributed by atoms with Gasteiger partial charge in [-0.05, 0) is 26.2 Å². The topological polar surface area (TPSA) is 49.8 Å². The van der Waals surface area contributed by atoms with Crippen molar-refractivity contribution >= 4 is 11.6 Å². The van der Waals surface area contributed by atoms with E-state index in [1.165, 1.54) is 19.3 Å². The summed E-state index contributed by atoms with van der Waals surface area (Å²) >= 11 is 0. The molecule has 18 heavy (non-hydrogen) atoms. The zero-order valence-corrected chi connectivity index (χ0v) is 12.1. The van der Waals surface area contributed by atoms with Gasteiger partial charge in [0.1, 0.15) is 18.0 Å². The average molecular weight is 250 g/mol. The van der Waals surface area contributed by atoms with Crippen LogP contribution < -0.4 is 10.6 Å². The van der Waals surface area contributed by atoms with Crippen LogP contribution in [0.15, 0.2) is 6.33 Å².